The summed E-state index contributed by atoms with van der Waals surface area (Å²) >= 11 is 0. The number of amides is 1. The van der Waals surface area contributed by atoms with Crippen LogP contribution in [0.3, 0.4) is 0 Å². The van der Waals surface area contributed by atoms with Gasteiger partial charge in [0.1, 0.15) is 36.6 Å². The molecule has 11 heteroatoms. The predicted octanol–water partition coefficient (Wildman–Crippen LogP) is 7.06. The Kier molecular flexibility index (Phi) is 33.4. The zero-order valence-electron chi connectivity index (χ0n) is 35.4. The van der Waals surface area contributed by atoms with E-state index in [1.165, 1.54) is 96.3 Å². The number of allylic oxidation sites excluding steroid dienone is 4. The van der Waals surface area contributed by atoms with Crippen molar-refractivity contribution in [3.63, 3.8) is 0 Å². The fraction of sp³-hybridized carbons (Fsp3) is 0.889. The van der Waals surface area contributed by atoms with Crippen LogP contribution in [-0.2, 0) is 14.3 Å². The Morgan fingerprint density at radius 2 is 1.07 bits per heavy atom. The maximum absolute atomic E-state index is 13.0. The standard InChI is InChI=1S/C45H85NO10/c1-3-5-7-9-11-13-15-16-17-18-19-20-21-22-23-25-26-28-30-32-37(48)40(50)36(35-55-45-43(53)42(52)41(51)39(34-47)56-45)46-44(54)38(49)33-31-29-27-24-14-12-10-8-6-4-2/h10,12,25-26,36-43,45,47-53H,3-9,11,13-24,27-35H2,1-2H3,(H,46,54)/b12-10-,26-25+. The minimum absolute atomic E-state index is 0.239. The van der Waals surface area contributed by atoms with Crippen molar-refractivity contribution in [3.8, 4) is 0 Å². The van der Waals surface area contributed by atoms with Crippen LogP contribution in [0.5, 0.6) is 0 Å². The first-order valence-corrected chi connectivity index (χ1v) is 22.7. The van der Waals surface area contributed by atoms with E-state index in [-0.39, 0.29) is 12.8 Å². The van der Waals surface area contributed by atoms with Gasteiger partial charge in [0.25, 0.3) is 0 Å². The van der Waals surface area contributed by atoms with Crippen LogP contribution in [0.15, 0.2) is 24.3 Å². The summed E-state index contributed by atoms with van der Waals surface area (Å²) in [5, 5.41) is 75.4. The van der Waals surface area contributed by atoms with Crippen LogP contribution in [0.2, 0.25) is 0 Å². The van der Waals surface area contributed by atoms with Crippen LogP contribution in [0, 0.1) is 0 Å². The monoisotopic (exact) mass is 800 g/mol. The Morgan fingerprint density at radius 3 is 1.59 bits per heavy atom. The molecular weight excluding hydrogens is 714 g/mol. The van der Waals surface area contributed by atoms with Crippen LogP contribution < -0.4 is 5.32 Å². The molecule has 0 bridgehead atoms. The largest absolute Gasteiger partial charge is 0.394 e. The number of carbonyl (C=O) groups is 1. The van der Waals surface area contributed by atoms with E-state index in [0.717, 1.165) is 51.4 Å². The quantitative estimate of drug-likeness (QED) is 0.0239. The van der Waals surface area contributed by atoms with Gasteiger partial charge >= 0.3 is 0 Å². The minimum Gasteiger partial charge on any atom is -0.394 e. The second-order valence-corrected chi connectivity index (χ2v) is 16.1. The summed E-state index contributed by atoms with van der Waals surface area (Å²) in [4.78, 5) is 13.0. The van der Waals surface area contributed by atoms with Crippen molar-refractivity contribution in [3.05, 3.63) is 24.3 Å². The van der Waals surface area contributed by atoms with Gasteiger partial charge in [-0.15, -0.1) is 0 Å². The van der Waals surface area contributed by atoms with Crippen LogP contribution in [-0.4, -0.2) is 110 Å². The molecule has 0 radical (unpaired) electrons. The molecule has 1 heterocycles. The molecule has 1 rings (SSSR count). The zero-order valence-corrected chi connectivity index (χ0v) is 35.4. The number of aliphatic hydroxyl groups is 7. The lowest BCUT2D eigenvalue weighted by atomic mass is 9.98. The van der Waals surface area contributed by atoms with Crippen LogP contribution in [0.1, 0.15) is 187 Å². The topological polar surface area (TPSA) is 189 Å². The Bertz CT molecular complexity index is 965. The molecule has 0 aromatic heterocycles. The summed E-state index contributed by atoms with van der Waals surface area (Å²) in [6, 6.07) is -1.19. The number of nitrogens with one attached hydrogen (secondary N) is 1. The lowest BCUT2D eigenvalue weighted by Crippen LogP contribution is -2.60. The van der Waals surface area contributed by atoms with Gasteiger partial charge in [-0.05, 0) is 57.8 Å². The van der Waals surface area contributed by atoms with Gasteiger partial charge in [-0.2, -0.15) is 0 Å². The van der Waals surface area contributed by atoms with Crippen molar-refractivity contribution >= 4 is 5.91 Å². The van der Waals surface area contributed by atoms with E-state index in [1.807, 2.05) is 0 Å². The molecule has 0 spiro atoms. The molecule has 1 fully saturated rings. The third-order valence-electron chi connectivity index (χ3n) is 11.0. The first kappa shape index (κ1) is 52.6. The SMILES string of the molecule is CCCC/C=C\CCCCCCC(O)C(=O)NC(COC1OC(CO)C(O)C(O)C1O)C(O)C(O)CCC/C=C/CCCCCCCCCCCCCCCC. The fourth-order valence-electron chi connectivity index (χ4n) is 7.13. The summed E-state index contributed by atoms with van der Waals surface area (Å²) < 4.78 is 11.0. The molecule has 9 atom stereocenters. The second kappa shape index (κ2) is 35.5. The molecule has 0 aliphatic carbocycles. The number of ether oxygens (including phenoxy) is 2. The average Bonchev–Trinajstić information content (AvgIpc) is 3.20. The molecule has 8 N–H and O–H groups in total. The van der Waals surface area contributed by atoms with Gasteiger partial charge in [-0.3, -0.25) is 4.79 Å². The van der Waals surface area contributed by atoms with E-state index in [1.54, 1.807) is 0 Å². The number of hydrogen-bond donors (Lipinski definition) is 8. The molecule has 330 valence electrons. The summed E-state index contributed by atoms with van der Waals surface area (Å²) in [7, 11) is 0. The van der Waals surface area contributed by atoms with Crippen LogP contribution in [0.25, 0.3) is 0 Å². The Balaban J connectivity index is 2.46. The normalized spacial score (nSPS) is 22.5. The lowest BCUT2D eigenvalue weighted by molar-refractivity contribution is -0.303. The Morgan fingerprint density at radius 1 is 0.607 bits per heavy atom. The number of unbranched alkanes of at least 4 members (excludes halogenated alkanes) is 21. The van der Waals surface area contributed by atoms with Gasteiger partial charge in [0.2, 0.25) is 5.91 Å². The molecule has 11 nitrogen and oxygen atoms in total. The smallest absolute Gasteiger partial charge is 0.249 e. The maximum Gasteiger partial charge on any atom is 0.249 e. The van der Waals surface area contributed by atoms with Gasteiger partial charge in [0, 0.05) is 0 Å². The molecule has 9 unspecified atom stereocenters. The summed E-state index contributed by atoms with van der Waals surface area (Å²) in [6.45, 7) is 3.36. The highest BCUT2D eigenvalue weighted by Crippen LogP contribution is 2.23. The Hall–Kier alpha value is -1.41. The fourth-order valence-corrected chi connectivity index (χ4v) is 7.13. The molecule has 1 aliphatic heterocycles. The van der Waals surface area contributed by atoms with Crippen molar-refractivity contribution in [1.29, 1.82) is 0 Å². The minimum atomic E-state index is -1.67. The van der Waals surface area contributed by atoms with Gasteiger partial charge < -0.3 is 50.5 Å². The molecule has 1 saturated heterocycles. The predicted molar refractivity (Wildman–Crippen MR) is 224 cm³/mol. The van der Waals surface area contributed by atoms with Gasteiger partial charge in [-0.25, -0.2) is 0 Å². The first-order chi connectivity index (χ1) is 27.2. The van der Waals surface area contributed by atoms with Gasteiger partial charge in [0.15, 0.2) is 6.29 Å². The second-order valence-electron chi connectivity index (χ2n) is 16.1. The highest BCUT2D eigenvalue weighted by Gasteiger charge is 2.44. The van der Waals surface area contributed by atoms with Gasteiger partial charge in [-0.1, -0.05) is 154 Å². The van der Waals surface area contributed by atoms with Crippen LogP contribution >= 0.6 is 0 Å². The number of carbonyl (C=O) groups excluding carboxylic acids is 1. The third kappa shape index (κ3) is 25.2. The summed E-state index contributed by atoms with van der Waals surface area (Å²) in [5.41, 5.74) is 0. The third-order valence-corrected chi connectivity index (χ3v) is 11.0. The van der Waals surface area contributed by atoms with E-state index in [4.69, 9.17) is 9.47 Å². The summed E-state index contributed by atoms with van der Waals surface area (Å²) in [5.74, 6) is -0.719. The lowest BCUT2D eigenvalue weighted by Gasteiger charge is -2.40. The molecule has 1 amide bonds. The summed E-state index contributed by atoms with van der Waals surface area (Å²) in [6.07, 6.45) is 26.7. The van der Waals surface area contributed by atoms with Crippen LogP contribution in [0.4, 0.5) is 0 Å². The van der Waals surface area contributed by atoms with Gasteiger partial charge in [0.05, 0.1) is 25.4 Å². The molecular formula is C45H85NO10. The first-order valence-electron chi connectivity index (χ1n) is 22.7. The maximum atomic E-state index is 13.0. The highest BCUT2D eigenvalue weighted by atomic mass is 16.7. The van der Waals surface area contributed by atoms with E-state index in [9.17, 15) is 40.5 Å². The van der Waals surface area contributed by atoms with E-state index >= 15 is 0 Å². The number of rotatable bonds is 37. The van der Waals surface area contributed by atoms with Crippen molar-refractivity contribution in [2.45, 2.75) is 242 Å². The molecule has 0 saturated carbocycles. The molecule has 0 aromatic rings. The molecule has 1 aliphatic rings. The Labute approximate surface area is 340 Å². The zero-order chi connectivity index (χ0) is 41.2. The molecule has 56 heavy (non-hydrogen) atoms. The van der Waals surface area contributed by atoms with E-state index < -0.39 is 74.2 Å². The van der Waals surface area contributed by atoms with Crippen molar-refractivity contribution in [1.82, 2.24) is 5.32 Å². The highest BCUT2D eigenvalue weighted by molar-refractivity contribution is 5.80. The van der Waals surface area contributed by atoms with Crippen molar-refractivity contribution in [2.75, 3.05) is 13.2 Å². The van der Waals surface area contributed by atoms with Crippen molar-refractivity contribution < 1.29 is 50.0 Å². The number of hydrogen-bond acceptors (Lipinski definition) is 10. The van der Waals surface area contributed by atoms with E-state index in [0.29, 0.717) is 12.8 Å². The number of aliphatic hydroxyl groups excluding tert-OH is 7. The molecule has 0 aromatic carbocycles. The van der Waals surface area contributed by atoms with E-state index in [2.05, 4.69) is 43.5 Å². The van der Waals surface area contributed by atoms with Crippen molar-refractivity contribution in [2.24, 2.45) is 0 Å². The average molecular weight is 800 g/mol.